The minimum atomic E-state index is -0.616. The van der Waals surface area contributed by atoms with Crippen molar-refractivity contribution in [1.82, 2.24) is 5.32 Å². The first-order chi connectivity index (χ1) is 8.98. The number of nitrogens with two attached hydrogens (primary N) is 1. The zero-order chi connectivity index (χ0) is 14.3. The standard InChI is InChI=1S/C16H32N2O/c1-4-5-6-7-10-14(3)18-15(19)16(17)11-8-9-13(2)12-16/h13-14H,4-12,17H2,1-3H3,(H,18,19). The van der Waals surface area contributed by atoms with Gasteiger partial charge in [0.2, 0.25) is 5.91 Å². The van der Waals surface area contributed by atoms with Crippen LogP contribution in [0, 0.1) is 5.92 Å². The summed E-state index contributed by atoms with van der Waals surface area (Å²) in [5, 5.41) is 3.12. The van der Waals surface area contributed by atoms with Gasteiger partial charge >= 0.3 is 0 Å². The van der Waals surface area contributed by atoms with Crippen molar-refractivity contribution in [3.63, 3.8) is 0 Å². The fourth-order valence-electron chi connectivity index (χ4n) is 3.12. The molecule has 0 spiro atoms. The van der Waals surface area contributed by atoms with Crippen LogP contribution in [-0.4, -0.2) is 17.5 Å². The molecule has 0 aromatic heterocycles. The minimum absolute atomic E-state index is 0.0713. The molecule has 1 aliphatic carbocycles. The first kappa shape index (κ1) is 16.5. The van der Waals surface area contributed by atoms with Crippen LogP contribution in [0.4, 0.5) is 0 Å². The number of hydrogen-bond donors (Lipinski definition) is 2. The summed E-state index contributed by atoms with van der Waals surface area (Å²) in [7, 11) is 0. The van der Waals surface area contributed by atoms with Gasteiger partial charge in [-0.1, -0.05) is 52.4 Å². The van der Waals surface area contributed by atoms with Crippen molar-refractivity contribution < 1.29 is 4.79 Å². The van der Waals surface area contributed by atoms with E-state index in [0.29, 0.717) is 5.92 Å². The third kappa shape index (κ3) is 5.52. The first-order valence-corrected chi connectivity index (χ1v) is 8.08. The number of amides is 1. The van der Waals surface area contributed by atoms with Crippen LogP contribution >= 0.6 is 0 Å². The molecule has 1 saturated carbocycles. The van der Waals surface area contributed by atoms with Crippen LogP contribution in [0.1, 0.15) is 78.6 Å². The Labute approximate surface area is 118 Å². The van der Waals surface area contributed by atoms with Crippen molar-refractivity contribution >= 4 is 5.91 Å². The topological polar surface area (TPSA) is 55.1 Å². The molecule has 1 aliphatic rings. The summed E-state index contributed by atoms with van der Waals surface area (Å²) in [4.78, 5) is 12.3. The molecule has 3 heteroatoms. The summed E-state index contributed by atoms with van der Waals surface area (Å²) in [6, 6.07) is 0.252. The Hall–Kier alpha value is -0.570. The molecule has 0 aliphatic heterocycles. The molecule has 3 N–H and O–H groups in total. The molecule has 0 saturated heterocycles. The average molecular weight is 268 g/mol. The zero-order valence-electron chi connectivity index (χ0n) is 13.0. The average Bonchev–Trinajstić information content (AvgIpc) is 2.34. The molecular formula is C16H32N2O. The highest BCUT2D eigenvalue weighted by Gasteiger charge is 2.38. The van der Waals surface area contributed by atoms with E-state index in [2.05, 4.69) is 26.1 Å². The van der Waals surface area contributed by atoms with E-state index in [1.807, 2.05) is 0 Å². The second-order valence-corrected chi connectivity index (χ2v) is 6.58. The molecule has 112 valence electrons. The highest BCUT2D eigenvalue weighted by molar-refractivity contribution is 5.86. The van der Waals surface area contributed by atoms with E-state index in [4.69, 9.17) is 5.73 Å². The van der Waals surface area contributed by atoms with Gasteiger partial charge in [0, 0.05) is 6.04 Å². The van der Waals surface area contributed by atoms with Crippen molar-refractivity contribution in [2.24, 2.45) is 11.7 Å². The van der Waals surface area contributed by atoms with Gasteiger partial charge in [-0.15, -0.1) is 0 Å². The van der Waals surface area contributed by atoms with Crippen molar-refractivity contribution in [2.45, 2.75) is 90.1 Å². The van der Waals surface area contributed by atoms with Gasteiger partial charge in [0.15, 0.2) is 0 Å². The molecule has 1 rings (SSSR count). The number of nitrogens with one attached hydrogen (secondary N) is 1. The molecule has 3 atom stereocenters. The lowest BCUT2D eigenvalue weighted by molar-refractivity contribution is -0.128. The molecular weight excluding hydrogens is 236 g/mol. The smallest absolute Gasteiger partial charge is 0.240 e. The highest BCUT2D eigenvalue weighted by atomic mass is 16.2. The van der Waals surface area contributed by atoms with E-state index in [1.54, 1.807) is 0 Å². The first-order valence-electron chi connectivity index (χ1n) is 8.08. The van der Waals surface area contributed by atoms with E-state index in [9.17, 15) is 4.79 Å². The number of rotatable bonds is 7. The van der Waals surface area contributed by atoms with Crippen molar-refractivity contribution in [3.05, 3.63) is 0 Å². The largest absolute Gasteiger partial charge is 0.352 e. The van der Waals surface area contributed by atoms with Gasteiger partial charge in [-0.25, -0.2) is 0 Å². The van der Waals surface area contributed by atoms with Crippen molar-refractivity contribution in [2.75, 3.05) is 0 Å². The lowest BCUT2D eigenvalue weighted by Crippen LogP contribution is -2.57. The number of unbranched alkanes of at least 4 members (excludes halogenated alkanes) is 3. The SMILES string of the molecule is CCCCCCC(C)NC(=O)C1(N)CCCC(C)C1. The molecule has 3 unspecified atom stereocenters. The quantitative estimate of drug-likeness (QED) is 0.696. The van der Waals surface area contributed by atoms with Gasteiger partial charge in [0.05, 0.1) is 5.54 Å². The third-order valence-electron chi connectivity index (χ3n) is 4.35. The summed E-state index contributed by atoms with van der Waals surface area (Å²) >= 11 is 0. The van der Waals surface area contributed by atoms with Crippen LogP contribution in [-0.2, 0) is 4.79 Å². The molecule has 3 nitrogen and oxygen atoms in total. The highest BCUT2D eigenvalue weighted by Crippen LogP contribution is 2.30. The lowest BCUT2D eigenvalue weighted by atomic mass is 9.76. The van der Waals surface area contributed by atoms with E-state index in [0.717, 1.165) is 25.7 Å². The predicted octanol–water partition coefficient (Wildman–Crippen LogP) is 3.37. The van der Waals surface area contributed by atoms with Gasteiger partial charge < -0.3 is 11.1 Å². The van der Waals surface area contributed by atoms with Crippen LogP contribution in [0.15, 0.2) is 0 Å². The Morgan fingerprint density at radius 2 is 2.16 bits per heavy atom. The third-order valence-corrected chi connectivity index (χ3v) is 4.35. The molecule has 19 heavy (non-hydrogen) atoms. The maximum Gasteiger partial charge on any atom is 0.240 e. The number of carbonyl (C=O) groups excluding carboxylic acids is 1. The lowest BCUT2D eigenvalue weighted by Gasteiger charge is -2.36. The van der Waals surface area contributed by atoms with Gasteiger partial charge in [0.1, 0.15) is 0 Å². The van der Waals surface area contributed by atoms with Crippen molar-refractivity contribution in [1.29, 1.82) is 0 Å². The maximum absolute atomic E-state index is 12.3. The Morgan fingerprint density at radius 3 is 2.79 bits per heavy atom. The van der Waals surface area contributed by atoms with Gasteiger partial charge in [0.25, 0.3) is 0 Å². The summed E-state index contributed by atoms with van der Waals surface area (Å²) in [5.74, 6) is 0.645. The normalized spacial score (nSPS) is 28.9. The second kappa shape index (κ2) is 7.88. The van der Waals surface area contributed by atoms with E-state index < -0.39 is 5.54 Å². The van der Waals surface area contributed by atoms with E-state index >= 15 is 0 Å². The molecule has 0 aromatic carbocycles. The fraction of sp³-hybridized carbons (Fsp3) is 0.938. The Morgan fingerprint density at radius 1 is 1.42 bits per heavy atom. The van der Waals surface area contributed by atoms with Crippen LogP contribution < -0.4 is 11.1 Å². The van der Waals surface area contributed by atoms with Gasteiger partial charge in [-0.05, 0) is 32.1 Å². The van der Waals surface area contributed by atoms with Crippen LogP contribution in [0.5, 0.6) is 0 Å². The Kier molecular flexibility index (Phi) is 6.84. The summed E-state index contributed by atoms with van der Waals surface area (Å²) in [6.45, 7) is 6.51. The minimum Gasteiger partial charge on any atom is -0.352 e. The molecule has 0 heterocycles. The number of carbonyl (C=O) groups is 1. The van der Waals surface area contributed by atoms with E-state index in [-0.39, 0.29) is 11.9 Å². The van der Waals surface area contributed by atoms with Crippen LogP contribution in [0.3, 0.4) is 0 Å². The summed E-state index contributed by atoms with van der Waals surface area (Å²) in [5.41, 5.74) is 5.69. The molecule has 0 aromatic rings. The summed E-state index contributed by atoms with van der Waals surface area (Å²) in [6.07, 6.45) is 10.0. The fourth-order valence-corrected chi connectivity index (χ4v) is 3.12. The predicted molar refractivity (Wildman–Crippen MR) is 80.9 cm³/mol. The van der Waals surface area contributed by atoms with Gasteiger partial charge in [-0.2, -0.15) is 0 Å². The Bertz CT molecular complexity index is 280. The maximum atomic E-state index is 12.3. The molecule has 0 radical (unpaired) electrons. The summed E-state index contributed by atoms with van der Waals surface area (Å²) < 4.78 is 0. The molecule has 0 bridgehead atoms. The van der Waals surface area contributed by atoms with E-state index in [1.165, 1.54) is 32.1 Å². The molecule has 1 fully saturated rings. The van der Waals surface area contributed by atoms with Crippen molar-refractivity contribution in [3.8, 4) is 0 Å². The number of hydrogen-bond acceptors (Lipinski definition) is 2. The second-order valence-electron chi connectivity index (χ2n) is 6.58. The monoisotopic (exact) mass is 268 g/mol. The van der Waals surface area contributed by atoms with Crippen LogP contribution in [0.2, 0.25) is 0 Å². The van der Waals surface area contributed by atoms with Crippen LogP contribution in [0.25, 0.3) is 0 Å². The molecule has 1 amide bonds. The zero-order valence-corrected chi connectivity index (χ0v) is 13.0. The Balaban J connectivity index is 2.32. The van der Waals surface area contributed by atoms with Gasteiger partial charge in [-0.3, -0.25) is 4.79 Å².